The molecule has 0 bridgehead atoms. The molecule has 0 aliphatic carbocycles. The molecule has 29 heavy (non-hydrogen) atoms. The fourth-order valence-electron chi connectivity index (χ4n) is 2.38. The molecule has 2 atom stereocenters. The van der Waals surface area contributed by atoms with Crippen molar-refractivity contribution in [2.45, 2.75) is 17.3 Å². The third-order valence-corrected chi connectivity index (χ3v) is 5.58. The van der Waals surface area contributed by atoms with Gasteiger partial charge in [-0.2, -0.15) is 31.5 Å². The standard InChI is InChI=1S/C14H11Cl2F6N5OS/c1-27(2)11(23)9-10(29(28)14(20,21)22)12(24,26-25-9)8-6(15)3-5(4-7(8)16)13(17,18)19/h3-4,23H,24H2,1-2H3. The van der Waals surface area contributed by atoms with E-state index in [1.807, 2.05) is 0 Å². The summed E-state index contributed by atoms with van der Waals surface area (Å²) in [5.41, 5.74) is -4.82. The minimum absolute atomic E-state index is 0.399. The van der Waals surface area contributed by atoms with Crippen LogP contribution in [0.4, 0.5) is 26.3 Å². The van der Waals surface area contributed by atoms with Crippen LogP contribution in [0.1, 0.15) is 11.1 Å². The number of hydrogen-bond donors (Lipinski definition) is 2. The van der Waals surface area contributed by atoms with Gasteiger partial charge in [-0.3, -0.25) is 11.1 Å². The van der Waals surface area contributed by atoms with Crippen LogP contribution < -0.4 is 5.73 Å². The molecule has 0 saturated carbocycles. The van der Waals surface area contributed by atoms with Gasteiger partial charge in [-0.05, 0) is 12.1 Å². The van der Waals surface area contributed by atoms with Gasteiger partial charge in [0.15, 0.2) is 16.5 Å². The van der Waals surface area contributed by atoms with Gasteiger partial charge in [-0.15, -0.1) is 5.11 Å². The van der Waals surface area contributed by atoms with Crippen molar-refractivity contribution in [1.82, 2.24) is 4.90 Å². The Morgan fingerprint density at radius 1 is 1.17 bits per heavy atom. The maximum Gasteiger partial charge on any atom is 0.475 e. The average molecular weight is 482 g/mol. The summed E-state index contributed by atoms with van der Waals surface area (Å²) in [6, 6.07) is 0.798. The Hall–Kier alpha value is -1.70. The van der Waals surface area contributed by atoms with E-state index in [1.165, 1.54) is 14.1 Å². The van der Waals surface area contributed by atoms with Gasteiger partial charge in [0, 0.05) is 19.7 Å². The van der Waals surface area contributed by atoms with Gasteiger partial charge >= 0.3 is 11.7 Å². The zero-order valence-corrected chi connectivity index (χ0v) is 16.7. The maximum absolute atomic E-state index is 13.2. The Morgan fingerprint density at radius 2 is 1.66 bits per heavy atom. The molecule has 0 spiro atoms. The van der Waals surface area contributed by atoms with E-state index in [0.29, 0.717) is 12.1 Å². The molecule has 0 radical (unpaired) electrons. The van der Waals surface area contributed by atoms with Gasteiger partial charge in [-0.25, -0.2) is 4.21 Å². The Kier molecular flexibility index (Phi) is 6.12. The lowest BCUT2D eigenvalue weighted by Crippen LogP contribution is -2.41. The smallest absolute Gasteiger partial charge is 0.361 e. The zero-order valence-electron chi connectivity index (χ0n) is 14.4. The molecule has 2 rings (SSSR count). The molecule has 1 aromatic carbocycles. The molecular weight excluding hydrogens is 471 g/mol. The lowest BCUT2D eigenvalue weighted by Gasteiger charge is -2.27. The second-order valence-corrected chi connectivity index (χ2v) is 8.14. The zero-order chi connectivity index (χ0) is 22.5. The van der Waals surface area contributed by atoms with E-state index in [1.54, 1.807) is 0 Å². The molecule has 1 heterocycles. The largest absolute Gasteiger partial charge is 0.475 e. The van der Waals surface area contributed by atoms with Gasteiger partial charge in [0.2, 0.25) is 0 Å². The maximum atomic E-state index is 13.2. The van der Waals surface area contributed by atoms with Crippen molar-refractivity contribution in [3.05, 3.63) is 43.9 Å². The topological polar surface area (TPSA) is 94.9 Å². The molecule has 2 unspecified atom stereocenters. The second-order valence-electron chi connectivity index (χ2n) is 5.91. The molecule has 1 aliphatic heterocycles. The minimum atomic E-state index is -5.34. The summed E-state index contributed by atoms with van der Waals surface area (Å²) >= 11 is 11.7. The second kappa shape index (κ2) is 7.52. The number of likely N-dealkylation sites (N-methyl/N-ethyl adjacent to an activating group) is 1. The first-order chi connectivity index (χ1) is 13.0. The number of hydrogen-bond acceptors (Lipinski definition) is 5. The minimum Gasteiger partial charge on any atom is -0.361 e. The molecule has 160 valence electrons. The summed E-state index contributed by atoms with van der Waals surface area (Å²) in [5.74, 6) is -0.618. The number of halogens is 8. The summed E-state index contributed by atoms with van der Waals surface area (Å²) in [5, 5.41) is 13.3. The van der Waals surface area contributed by atoms with Crippen LogP contribution in [0.5, 0.6) is 0 Å². The predicted molar refractivity (Wildman–Crippen MR) is 94.8 cm³/mol. The fourth-order valence-corrected chi connectivity index (χ4v) is 4.12. The number of azo groups is 1. The number of amidine groups is 1. The van der Waals surface area contributed by atoms with Crippen LogP contribution in [0.3, 0.4) is 0 Å². The first-order valence-electron chi connectivity index (χ1n) is 7.30. The highest BCUT2D eigenvalue weighted by molar-refractivity contribution is 7.90. The van der Waals surface area contributed by atoms with Gasteiger partial charge in [0.25, 0.3) is 0 Å². The van der Waals surface area contributed by atoms with Crippen LogP contribution in [0.15, 0.2) is 33.0 Å². The summed E-state index contributed by atoms with van der Waals surface area (Å²) in [4.78, 5) is -0.129. The molecule has 3 N–H and O–H groups in total. The van der Waals surface area contributed by atoms with Gasteiger partial charge in [0.1, 0.15) is 16.4 Å². The molecule has 1 aromatic rings. The number of nitrogens with zero attached hydrogens (tertiary/aromatic N) is 3. The van der Waals surface area contributed by atoms with E-state index in [-0.39, 0.29) is 0 Å². The van der Waals surface area contributed by atoms with E-state index >= 15 is 0 Å². The van der Waals surface area contributed by atoms with Crippen LogP contribution in [-0.4, -0.2) is 34.5 Å². The number of alkyl halides is 6. The first kappa shape index (κ1) is 23.6. The normalized spacial score (nSPS) is 20.9. The Morgan fingerprint density at radius 3 is 2.03 bits per heavy atom. The lowest BCUT2D eigenvalue weighted by molar-refractivity contribution is -0.137. The summed E-state index contributed by atoms with van der Waals surface area (Å²) in [6.07, 6.45) is -4.85. The molecule has 0 fully saturated rings. The Labute approximate surface area is 172 Å². The highest BCUT2D eigenvalue weighted by atomic mass is 35.5. The predicted octanol–water partition coefficient (Wildman–Crippen LogP) is 4.61. The highest BCUT2D eigenvalue weighted by Gasteiger charge is 2.53. The van der Waals surface area contributed by atoms with Crippen LogP contribution >= 0.6 is 23.2 Å². The number of nitrogens with two attached hydrogens (primary N) is 1. The average Bonchev–Trinajstić information content (AvgIpc) is 2.88. The van der Waals surface area contributed by atoms with Crippen LogP contribution in [-0.2, 0) is 22.6 Å². The fraction of sp³-hybridized carbons (Fsp3) is 0.357. The monoisotopic (exact) mass is 481 g/mol. The van der Waals surface area contributed by atoms with E-state index in [2.05, 4.69) is 10.2 Å². The molecule has 6 nitrogen and oxygen atoms in total. The van der Waals surface area contributed by atoms with E-state index in [0.717, 1.165) is 4.90 Å². The van der Waals surface area contributed by atoms with Crippen LogP contribution in [0, 0.1) is 5.41 Å². The number of rotatable bonds is 3. The van der Waals surface area contributed by atoms with Crippen molar-refractivity contribution in [2.75, 3.05) is 14.1 Å². The molecule has 0 amide bonds. The van der Waals surface area contributed by atoms with Crippen LogP contribution in [0.2, 0.25) is 10.0 Å². The molecule has 15 heteroatoms. The summed E-state index contributed by atoms with van der Waals surface area (Å²) in [6.45, 7) is 0. The number of nitrogens with one attached hydrogen (secondary N) is 1. The van der Waals surface area contributed by atoms with Gasteiger partial charge in [0.05, 0.1) is 15.6 Å². The summed E-state index contributed by atoms with van der Waals surface area (Å²) < 4.78 is 90.7. The lowest BCUT2D eigenvalue weighted by atomic mass is 9.98. The van der Waals surface area contributed by atoms with Crippen molar-refractivity contribution in [3.8, 4) is 0 Å². The quantitative estimate of drug-likeness (QED) is 0.375. The van der Waals surface area contributed by atoms with Crippen molar-refractivity contribution in [2.24, 2.45) is 16.0 Å². The van der Waals surface area contributed by atoms with Gasteiger partial charge < -0.3 is 4.90 Å². The number of benzene rings is 1. The van der Waals surface area contributed by atoms with Gasteiger partial charge in [-0.1, -0.05) is 23.2 Å². The van der Waals surface area contributed by atoms with Crippen LogP contribution in [0.25, 0.3) is 0 Å². The van der Waals surface area contributed by atoms with Crippen molar-refractivity contribution >= 4 is 39.8 Å². The highest BCUT2D eigenvalue weighted by Crippen LogP contribution is 2.48. The van der Waals surface area contributed by atoms with Crippen molar-refractivity contribution < 1.29 is 30.6 Å². The molecule has 0 saturated heterocycles. The SMILES string of the molecule is CN(C)C(=N)C1=C(S(=O)C(F)(F)F)C(N)(c2c(Cl)cc(C(F)(F)F)cc2Cl)N=N1. The van der Waals surface area contributed by atoms with E-state index in [9.17, 15) is 30.6 Å². The third-order valence-electron chi connectivity index (χ3n) is 3.69. The van der Waals surface area contributed by atoms with Crippen molar-refractivity contribution in [1.29, 1.82) is 5.41 Å². The molecular formula is C14H11Cl2F6N5OS. The summed E-state index contributed by atoms with van der Waals surface area (Å²) in [7, 11) is -1.23. The molecule has 1 aliphatic rings. The van der Waals surface area contributed by atoms with E-state index < -0.39 is 65.8 Å². The Bertz CT molecular complexity index is 936. The molecule has 0 aromatic heterocycles. The Balaban J connectivity index is 2.82. The first-order valence-corrected chi connectivity index (χ1v) is 9.20. The van der Waals surface area contributed by atoms with Crippen molar-refractivity contribution in [3.63, 3.8) is 0 Å². The third kappa shape index (κ3) is 4.27. The van der Waals surface area contributed by atoms with E-state index in [4.69, 9.17) is 34.3 Å².